The Morgan fingerprint density at radius 1 is 1.44 bits per heavy atom. The summed E-state index contributed by atoms with van der Waals surface area (Å²) in [5.41, 5.74) is -0.846. The summed E-state index contributed by atoms with van der Waals surface area (Å²) in [6.07, 6.45) is 4.50. The number of alkyl halides is 1. The van der Waals surface area contributed by atoms with Crippen molar-refractivity contribution in [3.05, 3.63) is 0 Å². The van der Waals surface area contributed by atoms with E-state index in [0.29, 0.717) is 18.8 Å². The van der Waals surface area contributed by atoms with Crippen LogP contribution < -0.4 is 4.72 Å². The minimum Gasteiger partial charge on any atom is -0.389 e. The van der Waals surface area contributed by atoms with E-state index in [1.807, 2.05) is 0 Å². The van der Waals surface area contributed by atoms with Crippen LogP contribution in [-0.2, 0) is 10.0 Å². The van der Waals surface area contributed by atoms with Gasteiger partial charge in [0.15, 0.2) is 0 Å². The Morgan fingerprint density at radius 3 is 2.44 bits per heavy atom. The van der Waals surface area contributed by atoms with E-state index in [1.54, 1.807) is 0 Å². The highest BCUT2D eigenvalue weighted by atomic mass is 79.9. The molecule has 0 heterocycles. The Hall–Kier alpha value is 0.350. The highest BCUT2D eigenvalue weighted by molar-refractivity contribution is 9.10. The van der Waals surface area contributed by atoms with E-state index in [-0.39, 0.29) is 11.2 Å². The van der Waals surface area contributed by atoms with E-state index in [9.17, 15) is 13.5 Å². The highest BCUT2D eigenvalue weighted by Crippen LogP contribution is 2.33. The summed E-state index contributed by atoms with van der Waals surface area (Å²) in [6, 6.07) is 0. The molecule has 0 bridgehead atoms. The Balaban J connectivity index is 2.43. The van der Waals surface area contributed by atoms with E-state index in [2.05, 4.69) is 27.6 Å². The largest absolute Gasteiger partial charge is 0.389 e. The van der Waals surface area contributed by atoms with Crippen molar-refractivity contribution in [2.75, 3.05) is 11.2 Å². The summed E-state index contributed by atoms with van der Waals surface area (Å²) in [5, 5.41) is 10.2. The molecule has 0 aromatic heterocycles. The van der Waals surface area contributed by atoms with E-state index in [1.165, 1.54) is 0 Å². The van der Waals surface area contributed by atoms with Gasteiger partial charge >= 0.3 is 0 Å². The molecule has 0 saturated heterocycles. The van der Waals surface area contributed by atoms with Gasteiger partial charge in [-0.05, 0) is 31.6 Å². The summed E-state index contributed by atoms with van der Waals surface area (Å²) in [5.74, 6) is 0.688. The maximum Gasteiger partial charge on any atom is 0.221 e. The first-order valence-electron chi connectivity index (χ1n) is 5.66. The summed E-state index contributed by atoms with van der Waals surface area (Å²) in [7, 11) is -3.27. The monoisotopic (exact) mass is 313 g/mol. The van der Waals surface area contributed by atoms with Crippen molar-refractivity contribution in [2.24, 2.45) is 5.92 Å². The molecular weight excluding hydrogens is 294 g/mol. The molecule has 4 nitrogen and oxygen atoms in total. The van der Waals surface area contributed by atoms with Crippen molar-refractivity contribution >= 4 is 26.0 Å². The summed E-state index contributed by atoms with van der Waals surface area (Å²) < 4.78 is 24.8. The number of nitrogens with one attached hydrogen (secondary N) is 1. The number of rotatable bonds is 5. The molecule has 1 saturated carbocycles. The Bertz CT molecular complexity index is 310. The van der Waals surface area contributed by atoms with Gasteiger partial charge in [-0.3, -0.25) is 0 Å². The van der Waals surface area contributed by atoms with Crippen LogP contribution in [0.5, 0.6) is 0 Å². The van der Waals surface area contributed by atoms with Crippen LogP contribution in [0.3, 0.4) is 0 Å². The molecule has 0 aliphatic heterocycles. The van der Waals surface area contributed by atoms with E-state index >= 15 is 0 Å². The normalized spacial score (nSPS) is 31.6. The number of aliphatic hydroxyl groups is 1. The van der Waals surface area contributed by atoms with Crippen LogP contribution in [0.2, 0.25) is 0 Å². The number of hydrogen-bond acceptors (Lipinski definition) is 3. The van der Waals surface area contributed by atoms with Crippen LogP contribution in [0.15, 0.2) is 0 Å². The highest BCUT2D eigenvalue weighted by Gasteiger charge is 2.33. The van der Waals surface area contributed by atoms with Gasteiger partial charge in [-0.25, -0.2) is 13.1 Å². The zero-order valence-corrected chi connectivity index (χ0v) is 12.0. The van der Waals surface area contributed by atoms with E-state index in [0.717, 1.165) is 19.3 Å². The molecule has 0 spiro atoms. The van der Waals surface area contributed by atoms with Crippen molar-refractivity contribution in [3.63, 3.8) is 0 Å². The van der Waals surface area contributed by atoms with Gasteiger partial charge in [0, 0.05) is 6.54 Å². The van der Waals surface area contributed by atoms with Gasteiger partial charge in [0.2, 0.25) is 10.0 Å². The molecule has 1 aliphatic carbocycles. The second-order valence-corrected chi connectivity index (χ2v) is 7.73. The molecule has 6 heteroatoms. The molecule has 0 atom stereocenters. The third-order valence-electron chi connectivity index (χ3n) is 3.38. The van der Waals surface area contributed by atoms with Gasteiger partial charge in [-0.1, -0.05) is 29.3 Å². The molecular formula is C10H20BrNO3S. The van der Waals surface area contributed by atoms with Gasteiger partial charge in [0.05, 0.1) is 5.60 Å². The third kappa shape index (κ3) is 4.31. The molecule has 1 fully saturated rings. The Morgan fingerprint density at radius 2 is 2.00 bits per heavy atom. The number of sulfonamides is 1. The fourth-order valence-electron chi connectivity index (χ4n) is 2.08. The van der Waals surface area contributed by atoms with Crippen molar-refractivity contribution in [2.45, 2.75) is 44.6 Å². The first-order chi connectivity index (χ1) is 7.41. The molecule has 0 aromatic rings. The first kappa shape index (κ1) is 14.4. The lowest BCUT2D eigenvalue weighted by atomic mass is 9.78. The average molecular weight is 314 g/mol. The molecule has 2 N–H and O–H groups in total. The van der Waals surface area contributed by atoms with Gasteiger partial charge in [0.1, 0.15) is 4.66 Å². The predicted molar refractivity (Wildman–Crippen MR) is 67.9 cm³/mol. The zero-order valence-electron chi connectivity index (χ0n) is 9.58. The second-order valence-electron chi connectivity index (χ2n) is 4.62. The molecule has 96 valence electrons. The van der Waals surface area contributed by atoms with Crippen molar-refractivity contribution in [3.8, 4) is 0 Å². The molecule has 0 unspecified atom stereocenters. The maximum atomic E-state index is 11.2. The van der Waals surface area contributed by atoms with E-state index < -0.39 is 15.6 Å². The van der Waals surface area contributed by atoms with Gasteiger partial charge < -0.3 is 5.11 Å². The maximum absolute atomic E-state index is 11.2. The van der Waals surface area contributed by atoms with Crippen LogP contribution in [0.25, 0.3) is 0 Å². The van der Waals surface area contributed by atoms with Gasteiger partial charge in [0.25, 0.3) is 0 Å². The van der Waals surface area contributed by atoms with Crippen LogP contribution in [-0.4, -0.2) is 30.3 Å². The topological polar surface area (TPSA) is 66.4 Å². The van der Waals surface area contributed by atoms with Crippen LogP contribution in [0.1, 0.15) is 39.0 Å². The second kappa shape index (κ2) is 5.80. The van der Waals surface area contributed by atoms with Gasteiger partial charge in [-0.2, -0.15) is 0 Å². The smallest absolute Gasteiger partial charge is 0.221 e. The van der Waals surface area contributed by atoms with Crippen molar-refractivity contribution in [1.82, 2.24) is 4.72 Å². The number of halogens is 1. The van der Waals surface area contributed by atoms with Crippen molar-refractivity contribution in [1.29, 1.82) is 0 Å². The Labute approximate surface area is 106 Å². The fraction of sp³-hybridized carbons (Fsp3) is 1.00. The lowest BCUT2D eigenvalue weighted by molar-refractivity contribution is -0.00440. The lowest BCUT2D eigenvalue weighted by Gasteiger charge is -2.35. The fourth-order valence-corrected chi connectivity index (χ4v) is 3.13. The Kier molecular flexibility index (Phi) is 5.22. The summed E-state index contributed by atoms with van der Waals surface area (Å²) in [6.45, 7) is 2.29. The van der Waals surface area contributed by atoms with Gasteiger partial charge in [-0.15, -0.1) is 0 Å². The van der Waals surface area contributed by atoms with Crippen LogP contribution >= 0.6 is 15.9 Å². The number of hydrogen-bond donors (Lipinski definition) is 2. The molecule has 0 radical (unpaired) electrons. The average Bonchev–Trinajstić information content (AvgIpc) is 2.28. The minimum absolute atomic E-state index is 0.117. The van der Waals surface area contributed by atoms with Crippen LogP contribution in [0.4, 0.5) is 0 Å². The summed E-state index contributed by atoms with van der Waals surface area (Å²) in [4.78, 5) is 0. The lowest BCUT2D eigenvalue weighted by Crippen LogP contribution is -2.45. The molecule has 16 heavy (non-hydrogen) atoms. The zero-order chi connectivity index (χ0) is 12.2. The molecule has 1 aliphatic rings. The SMILES string of the molecule is CCC1CCC(O)(CNS(=O)(=O)CBr)CC1. The molecule has 0 amide bonds. The standard InChI is InChI=1S/C10H20BrNO3S/c1-2-9-3-5-10(13,6-4-9)7-12-16(14,15)8-11/h9,12-13H,2-8H2,1H3. The van der Waals surface area contributed by atoms with E-state index in [4.69, 9.17) is 0 Å². The van der Waals surface area contributed by atoms with Crippen LogP contribution in [0, 0.1) is 5.92 Å². The molecule has 0 aromatic carbocycles. The third-order valence-corrected chi connectivity index (χ3v) is 6.06. The molecule has 1 rings (SSSR count). The predicted octanol–water partition coefficient (Wildman–Crippen LogP) is 1.59. The van der Waals surface area contributed by atoms with Crippen molar-refractivity contribution < 1.29 is 13.5 Å². The quantitative estimate of drug-likeness (QED) is 0.757. The first-order valence-corrected chi connectivity index (χ1v) is 8.44. The summed E-state index contributed by atoms with van der Waals surface area (Å²) >= 11 is 2.90. The minimum atomic E-state index is -3.27.